The van der Waals surface area contributed by atoms with Crippen LogP contribution in [-0.4, -0.2) is 23.5 Å². The van der Waals surface area contributed by atoms with E-state index in [-0.39, 0.29) is 5.92 Å². The Morgan fingerprint density at radius 1 is 1.11 bits per heavy atom. The smallest absolute Gasteiger partial charge is 0.292 e. The Hall–Kier alpha value is -0.620. The van der Waals surface area contributed by atoms with Gasteiger partial charge in [-0.1, -0.05) is 23.7 Å². The molecule has 1 aliphatic carbocycles. The van der Waals surface area contributed by atoms with Crippen LogP contribution in [0.1, 0.15) is 37.2 Å². The summed E-state index contributed by atoms with van der Waals surface area (Å²) in [7, 11) is -4.35. The molecule has 0 bridgehead atoms. The summed E-state index contributed by atoms with van der Waals surface area (Å²) in [5, 5.41) is 10.2. The number of aliphatic hydroxyl groups is 1. The van der Waals surface area contributed by atoms with Gasteiger partial charge in [-0.2, -0.15) is 8.42 Å². The monoisotopic (exact) mass is 304 g/mol. The predicted octanol–water partition coefficient (Wildman–Crippen LogP) is 2.82. The molecular weight excluding hydrogens is 288 g/mol. The van der Waals surface area contributed by atoms with Crippen molar-refractivity contribution in [3.05, 3.63) is 34.9 Å². The lowest BCUT2D eigenvalue weighted by atomic mass is 9.79. The summed E-state index contributed by atoms with van der Waals surface area (Å²) < 4.78 is 30.7. The molecule has 0 saturated heterocycles. The average molecular weight is 305 g/mol. The molecule has 2 rings (SSSR count). The molecule has 2 N–H and O–H groups in total. The molecule has 0 aromatic heterocycles. The Labute approximate surface area is 118 Å². The van der Waals surface area contributed by atoms with E-state index in [9.17, 15) is 13.5 Å². The molecule has 19 heavy (non-hydrogen) atoms. The van der Waals surface area contributed by atoms with Crippen molar-refractivity contribution in [3.8, 4) is 0 Å². The molecule has 1 aromatic carbocycles. The molecule has 0 spiro atoms. The molecule has 1 atom stereocenters. The van der Waals surface area contributed by atoms with Crippen molar-refractivity contribution in [2.75, 3.05) is 0 Å². The molecule has 0 heterocycles. The van der Waals surface area contributed by atoms with Gasteiger partial charge < -0.3 is 5.11 Å². The van der Waals surface area contributed by atoms with E-state index in [1.807, 2.05) is 24.3 Å². The van der Waals surface area contributed by atoms with Gasteiger partial charge in [0.15, 0.2) is 5.44 Å². The van der Waals surface area contributed by atoms with Crippen molar-refractivity contribution >= 4 is 21.7 Å². The third-order valence-corrected chi connectivity index (χ3v) is 5.07. The van der Waals surface area contributed by atoms with Gasteiger partial charge in [0.2, 0.25) is 0 Å². The summed E-state index contributed by atoms with van der Waals surface area (Å²) in [6.45, 7) is 0. The minimum Gasteiger partial charge on any atom is -0.375 e. The maximum absolute atomic E-state index is 10.9. The van der Waals surface area contributed by atoms with Crippen molar-refractivity contribution in [1.29, 1.82) is 0 Å². The van der Waals surface area contributed by atoms with E-state index in [2.05, 4.69) is 0 Å². The Kier molecular flexibility index (Phi) is 4.50. The number of benzene rings is 1. The van der Waals surface area contributed by atoms with Crippen molar-refractivity contribution in [1.82, 2.24) is 0 Å². The van der Waals surface area contributed by atoms with Crippen molar-refractivity contribution in [2.45, 2.75) is 37.0 Å². The quantitative estimate of drug-likeness (QED) is 0.842. The fraction of sp³-hybridized carbons (Fsp3) is 0.538. The highest BCUT2D eigenvalue weighted by Crippen LogP contribution is 2.38. The predicted molar refractivity (Wildman–Crippen MR) is 73.7 cm³/mol. The maximum atomic E-state index is 10.9. The van der Waals surface area contributed by atoms with Crippen molar-refractivity contribution in [3.63, 3.8) is 0 Å². The van der Waals surface area contributed by atoms with Gasteiger partial charge in [-0.15, -0.1) is 0 Å². The molecule has 1 unspecified atom stereocenters. The lowest BCUT2D eigenvalue weighted by Gasteiger charge is -2.30. The first-order valence-corrected chi connectivity index (χ1v) is 8.16. The van der Waals surface area contributed by atoms with Gasteiger partial charge in [0.25, 0.3) is 10.1 Å². The molecule has 1 saturated carbocycles. The average Bonchev–Trinajstić information content (AvgIpc) is 2.38. The van der Waals surface area contributed by atoms with Crippen molar-refractivity contribution < 1.29 is 18.1 Å². The Bertz CT molecular complexity index is 518. The van der Waals surface area contributed by atoms with Crippen LogP contribution in [0.15, 0.2) is 24.3 Å². The van der Waals surface area contributed by atoms with Gasteiger partial charge in [-0.3, -0.25) is 4.55 Å². The number of rotatable bonds is 3. The highest BCUT2D eigenvalue weighted by Gasteiger charge is 2.33. The zero-order valence-corrected chi connectivity index (χ0v) is 11.9. The molecule has 0 amide bonds. The van der Waals surface area contributed by atoms with Crippen molar-refractivity contribution in [2.24, 2.45) is 5.92 Å². The fourth-order valence-corrected chi connectivity index (χ4v) is 3.60. The van der Waals surface area contributed by atoms with Crippen LogP contribution in [0.5, 0.6) is 0 Å². The highest BCUT2D eigenvalue weighted by atomic mass is 35.5. The Morgan fingerprint density at radius 3 is 2.11 bits per heavy atom. The van der Waals surface area contributed by atoms with Gasteiger partial charge in [0, 0.05) is 10.9 Å². The van der Waals surface area contributed by atoms with E-state index in [0.717, 1.165) is 12.8 Å². The molecule has 1 aliphatic rings. The van der Waals surface area contributed by atoms with Gasteiger partial charge in [-0.25, -0.2) is 0 Å². The Balaban J connectivity index is 1.98. The van der Waals surface area contributed by atoms with E-state index < -0.39 is 15.6 Å². The Morgan fingerprint density at radius 2 is 1.63 bits per heavy atom. The van der Waals surface area contributed by atoms with Crippen LogP contribution in [0.25, 0.3) is 0 Å². The lowest BCUT2D eigenvalue weighted by molar-refractivity contribution is 0.135. The number of hydrogen-bond donors (Lipinski definition) is 2. The van der Waals surface area contributed by atoms with Gasteiger partial charge in [0.1, 0.15) is 0 Å². The summed E-state index contributed by atoms with van der Waals surface area (Å²) in [6, 6.07) is 7.64. The molecule has 6 heteroatoms. The third-order valence-electron chi connectivity index (χ3n) is 3.82. The number of hydrogen-bond acceptors (Lipinski definition) is 3. The van der Waals surface area contributed by atoms with E-state index in [4.69, 9.17) is 16.2 Å². The van der Waals surface area contributed by atoms with Crippen LogP contribution in [0.2, 0.25) is 5.02 Å². The molecule has 0 radical (unpaired) electrons. The fourth-order valence-electron chi connectivity index (χ4n) is 2.72. The maximum Gasteiger partial charge on any atom is 0.292 e. The first kappa shape index (κ1) is 14.8. The van der Waals surface area contributed by atoms with Crippen LogP contribution in [0.3, 0.4) is 0 Å². The standard InChI is InChI=1S/C13H17ClO4S/c14-12-7-5-10(6-8-12)9-1-3-11(4-2-9)13(15)19(16,17)18/h5-9,11,13,15H,1-4H2,(H,16,17,18). The molecule has 0 aliphatic heterocycles. The first-order valence-electron chi connectivity index (χ1n) is 6.28. The number of halogens is 1. The summed E-state index contributed by atoms with van der Waals surface area (Å²) in [6.07, 6.45) is 2.79. The van der Waals surface area contributed by atoms with Gasteiger partial charge >= 0.3 is 0 Å². The number of aliphatic hydroxyl groups excluding tert-OH is 1. The summed E-state index contributed by atoms with van der Waals surface area (Å²) in [5.74, 6) is -0.0133. The zero-order valence-electron chi connectivity index (χ0n) is 10.4. The molecule has 106 valence electrons. The summed E-state index contributed by atoms with van der Waals surface area (Å²) >= 11 is 5.84. The summed E-state index contributed by atoms with van der Waals surface area (Å²) in [5.41, 5.74) is -0.470. The second kappa shape index (κ2) is 5.79. The second-order valence-corrected chi connectivity index (χ2v) is 7.02. The molecule has 4 nitrogen and oxygen atoms in total. The summed E-state index contributed by atoms with van der Waals surface area (Å²) in [4.78, 5) is 0. The van der Waals surface area contributed by atoms with E-state index in [1.54, 1.807) is 0 Å². The molecule has 1 fully saturated rings. The minimum atomic E-state index is -4.35. The SMILES string of the molecule is O=S(=O)(O)C(O)C1CCC(c2ccc(Cl)cc2)CC1. The van der Waals surface area contributed by atoms with E-state index in [0.29, 0.717) is 23.8 Å². The molecular formula is C13H17ClO4S. The van der Waals surface area contributed by atoms with E-state index >= 15 is 0 Å². The normalized spacial score (nSPS) is 26.1. The van der Waals surface area contributed by atoms with Gasteiger partial charge in [0.05, 0.1) is 0 Å². The molecule has 1 aromatic rings. The third kappa shape index (κ3) is 3.69. The van der Waals surface area contributed by atoms with Crippen LogP contribution >= 0.6 is 11.6 Å². The van der Waals surface area contributed by atoms with Gasteiger partial charge in [-0.05, 0) is 49.3 Å². The van der Waals surface area contributed by atoms with Crippen LogP contribution in [0, 0.1) is 5.92 Å². The van der Waals surface area contributed by atoms with E-state index in [1.165, 1.54) is 5.56 Å². The van der Waals surface area contributed by atoms with Crippen LogP contribution in [-0.2, 0) is 10.1 Å². The van der Waals surface area contributed by atoms with Crippen LogP contribution < -0.4 is 0 Å². The minimum absolute atomic E-state index is 0.363. The topological polar surface area (TPSA) is 74.6 Å². The van der Waals surface area contributed by atoms with Crippen LogP contribution in [0.4, 0.5) is 0 Å². The lowest BCUT2D eigenvalue weighted by Crippen LogP contribution is -2.31. The zero-order chi connectivity index (χ0) is 14.0. The first-order chi connectivity index (χ1) is 8.88. The highest BCUT2D eigenvalue weighted by molar-refractivity contribution is 7.86. The second-order valence-electron chi connectivity index (χ2n) is 5.07. The largest absolute Gasteiger partial charge is 0.375 e.